The highest BCUT2D eigenvalue weighted by atomic mass is 32.2. The molecule has 21 heavy (non-hydrogen) atoms. The zero-order valence-electron chi connectivity index (χ0n) is 11.7. The second-order valence-electron chi connectivity index (χ2n) is 4.65. The second-order valence-corrected chi connectivity index (χ2v) is 6.51. The number of methoxy groups -OCH3 is 2. The molecule has 7 nitrogen and oxygen atoms in total. The average Bonchev–Trinajstić information content (AvgIpc) is 2.89. The summed E-state index contributed by atoms with van der Waals surface area (Å²) < 4.78 is 36.1. The molecule has 0 spiro atoms. The Kier molecular flexibility index (Phi) is 4.50. The molecule has 116 valence electrons. The molecule has 8 heteroatoms. The molecule has 0 saturated carbocycles. The Labute approximate surface area is 123 Å². The van der Waals surface area contributed by atoms with Crippen molar-refractivity contribution in [3.8, 4) is 5.75 Å². The zero-order valence-corrected chi connectivity index (χ0v) is 12.5. The van der Waals surface area contributed by atoms with Gasteiger partial charge in [0.05, 0.1) is 20.3 Å². The highest BCUT2D eigenvalue weighted by Crippen LogP contribution is 2.31. The summed E-state index contributed by atoms with van der Waals surface area (Å²) in [6.45, 7) is -0.153. The lowest BCUT2D eigenvalue weighted by atomic mass is 10.2. The van der Waals surface area contributed by atoms with Crippen LogP contribution in [0.5, 0.6) is 5.75 Å². The predicted molar refractivity (Wildman–Crippen MR) is 73.3 cm³/mol. The van der Waals surface area contributed by atoms with Crippen LogP contribution in [0.2, 0.25) is 0 Å². The van der Waals surface area contributed by atoms with Crippen LogP contribution >= 0.6 is 0 Å². The number of carbonyl (C=O) groups excluding carboxylic acids is 1. The maximum absolute atomic E-state index is 12.7. The molecule has 2 rings (SSSR count). The highest BCUT2D eigenvalue weighted by Gasteiger charge is 2.44. The van der Waals surface area contributed by atoms with Crippen molar-refractivity contribution in [2.75, 3.05) is 20.8 Å². The normalized spacial score (nSPS) is 23.0. The molecule has 0 radical (unpaired) electrons. The molecule has 1 fully saturated rings. The predicted octanol–water partition coefficient (Wildman–Crippen LogP) is -0.00790. The summed E-state index contributed by atoms with van der Waals surface area (Å²) in [5, 5.41) is 9.71. The zero-order chi connectivity index (χ0) is 15.6. The number of aliphatic hydroxyl groups is 1. The first-order valence-electron chi connectivity index (χ1n) is 6.32. The highest BCUT2D eigenvalue weighted by molar-refractivity contribution is 7.89. The van der Waals surface area contributed by atoms with Gasteiger partial charge in [-0.15, -0.1) is 0 Å². The Morgan fingerprint density at radius 3 is 2.62 bits per heavy atom. The molecular weight excluding hydrogens is 298 g/mol. The summed E-state index contributed by atoms with van der Waals surface area (Å²) in [6.07, 6.45) is -0.889. The van der Waals surface area contributed by atoms with Crippen LogP contribution in [0.15, 0.2) is 29.2 Å². The third-order valence-electron chi connectivity index (χ3n) is 3.36. The van der Waals surface area contributed by atoms with Crippen LogP contribution in [0.3, 0.4) is 0 Å². The fourth-order valence-electron chi connectivity index (χ4n) is 2.36. The van der Waals surface area contributed by atoms with Crippen LogP contribution in [-0.2, 0) is 19.6 Å². The molecule has 0 aromatic heterocycles. The lowest BCUT2D eigenvalue weighted by Gasteiger charge is -2.22. The smallest absolute Gasteiger partial charge is 0.324 e. The van der Waals surface area contributed by atoms with E-state index >= 15 is 0 Å². The molecule has 0 bridgehead atoms. The van der Waals surface area contributed by atoms with E-state index in [0.717, 1.165) is 4.31 Å². The number of esters is 1. The SMILES string of the molecule is COC(=O)C1CC(O)CN1S(=O)(=O)c1ccccc1OC. The van der Waals surface area contributed by atoms with Crippen LogP contribution in [0.1, 0.15) is 6.42 Å². The third-order valence-corrected chi connectivity index (χ3v) is 5.28. The molecule has 2 atom stereocenters. The Morgan fingerprint density at radius 2 is 2.00 bits per heavy atom. The van der Waals surface area contributed by atoms with Gasteiger partial charge in [-0.3, -0.25) is 4.79 Å². The van der Waals surface area contributed by atoms with Gasteiger partial charge in [-0.2, -0.15) is 4.31 Å². The molecule has 0 amide bonds. The van der Waals surface area contributed by atoms with E-state index in [4.69, 9.17) is 4.74 Å². The summed E-state index contributed by atoms with van der Waals surface area (Å²) in [5.74, 6) is -0.507. The molecule has 1 aromatic rings. The topological polar surface area (TPSA) is 93.1 Å². The van der Waals surface area contributed by atoms with Crippen LogP contribution < -0.4 is 4.74 Å². The molecule has 2 unspecified atom stereocenters. The summed E-state index contributed by atoms with van der Waals surface area (Å²) in [5.41, 5.74) is 0. The minimum Gasteiger partial charge on any atom is -0.495 e. The number of sulfonamides is 1. The van der Waals surface area contributed by atoms with Gasteiger partial charge in [0.1, 0.15) is 16.7 Å². The minimum absolute atomic E-state index is 0.0149. The second kappa shape index (κ2) is 6.00. The maximum Gasteiger partial charge on any atom is 0.324 e. The van der Waals surface area contributed by atoms with Crippen molar-refractivity contribution < 1.29 is 27.8 Å². The van der Waals surface area contributed by atoms with Gasteiger partial charge in [-0.1, -0.05) is 12.1 Å². The number of ether oxygens (including phenoxy) is 2. The van der Waals surface area contributed by atoms with Crippen molar-refractivity contribution in [1.29, 1.82) is 0 Å². The Morgan fingerprint density at radius 1 is 1.33 bits per heavy atom. The van der Waals surface area contributed by atoms with Crippen molar-refractivity contribution in [2.24, 2.45) is 0 Å². The number of hydrogen-bond donors (Lipinski definition) is 1. The fourth-order valence-corrected chi connectivity index (χ4v) is 4.14. The van der Waals surface area contributed by atoms with Crippen molar-refractivity contribution in [1.82, 2.24) is 4.31 Å². The molecule has 1 aliphatic rings. The molecule has 1 saturated heterocycles. The first-order chi connectivity index (χ1) is 9.91. The summed E-state index contributed by atoms with van der Waals surface area (Å²) in [4.78, 5) is 11.7. The molecule has 1 aromatic carbocycles. The van der Waals surface area contributed by atoms with Crippen LogP contribution in [0.25, 0.3) is 0 Å². The van der Waals surface area contributed by atoms with E-state index in [1.807, 2.05) is 0 Å². The van der Waals surface area contributed by atoms with E-state index < -0.39 is 28.1 Å². The minimum atomic E-state index is -3.97. The Balaban J connectivity index is 2.45. The number of nitrogens with zero attached hydrogens (tertiary/aromatic N) is 1. The average molecular weight is 315 g/mol. The largest absolute Gasteiger partial charge is 0.495 e. The van der Waals surface area contributed by atoms with Gasteiger partial charge in [0, 0.05) is 13.0 Å². The van der Waals surface area contributed by atoms with Crippen molar-refractivity contribution in [3.63, 3.8) is 0 Å². The van der Waals surface area contributed by atoms with Gasteiger partial charge < -0.3 is 14.6 Å². The van der Waals surface area contributed by atoms with E-state index in [1.165, 1.54) is 26.4 Å². The Bertz CT molecular complexity index is 629. The number of carbonyl (C=O) groups is 1. The van der Waals surface area contributed by atoms with Gasteiger partial charge >= 0.3 is 5.97 Å². The lowest BCUT2D eigenvalue weighted by molar-refractivity contribution is -0.144. The van der Waals surface area contributed by atoms with Crippen molar-refractivity contribution in [3.05, 3.63) is 24.3 Å². The van der Waals surface area contributed by atoms with Gasteiger partial charge in [0.2, 0.25) is 10.0 Å². The molecule has 0 aliphatic carbocycles. The van der Waals surface area contributed by atoms with E-state index in [1.54, 1.807) is 12.1 Å². The maximum atomic E-state index is 12.7. The standard InChI is InChI=1S/C13H17NO6S/c1-19-11-5-3-4-6-12(11)21(17,18)14-8-9(15)7-10(14)13(16)20-2/h3-6,9-10,15H,7-8H2,1-2H3. The van der Waals surface area contributed by atoms with E-state index in [0.29, 0.717) is 0 Å². The van der Waals surface area contributed by atoms with Crippen LogP contribution in [0, 0.1) is 0 Å². The first kappa shape index (κ1) is 15.7. The summed E-state index contributed by atoms with van der Waals surface area (Å²) >= 11 is 0. The molecule has 1 aliphatic heterocycles. The molecule has 1 N–H and O–H groups in total. The number of para-hydroxylation sites is 1. The molecule has 1 heterocycles. The summed E-state index contributed by atoms with van der Waals surface area (Å²) in [7, 11) is -1.42. The van der Waals surface area contributed by atoms with E-state index in [-0.39, 0.29) is 23.6 Å². The number of aliphatic hydroxyl groups excluding tert-OH is 1. The first-order valence-corrected chi connectivity index (χ1v) is 7.76. The van der Waals surface area contributed by atoms with Crippen molar-refractivity contribution in [2.45, 2.75) is 23.5 Å². The fraction of sp³-hybridized carbons (Fsp3) is 0.462. The van der Waals surface area contributed by atoms with E-state index in [9.17, 15) is 18.3 Å². The van der Waals surface area contributed by atoms with E-state index in [2.05, 4.69) is 4.74 Å². The van der Waals surface area contributed by atoms with Gasteiger partial charge in [0.15, 0.2) is 0 Å². The number of hydrogen-bond acceptors (Lipinski definition) is 6. The van der Waals surface area contributed by atoms with Gasteiger partial charge in [0.25, 0.3) is 0 Å². The quantitative estimate of drug-likeness (QED) is 0.786. The summed E-state index contributed by atoms with van der Waals surface area (Å²) in [6, 6.07) is 5.10. The van der Waals surface area contributed by atoms with Gasteiger partial charge in [-0.05, 0) is 12.1 Å². The number of β-amino-alcohol motifs (C(OH)–C–C–N with tert-alkyl or cyclic N) is 1. The lowest BCUT2D eigenvalue weighted by Crippen LogP contribution is -2.41. The number of rotatable bonds is 4. The van der Waals surface area contributed by atoms with Crippen LogP contribution in [0.4, 0.5) is 0 Å². The molecular formula is C13H17NO6S. The van der Waals surface area contributed by atoms with Crippen LogP contribution in [-0.4, -0.2) is 56.7 Å². The van der Waals surface area contributed by atoms with Crippen molar-refractivity contribution >= 4 is 16.0 Å². The monoisotopic (exact) mass is 315 g/mol. The third kappa shape index (κ3) is 2.87. The van der Waals surface area contributed by atoms with Gasteiger partial charge in [-0.25, -0.2) is 8.42 Å². The number of benzene rings is 1. The Hall–Kier alpha value is -1.64.